The number of para-hydroxylation sites is 2. The van der Waals surface area contributed by atoms with Gasteiger partial charge in [0.05, 0.1) is 0 Å². The van der Waals surface area contributed by atoms with Crippen LogP contribution in [0.2, 0.25) is 0 Å². The third-order valence-electron chi connectivity index (χ3n) is 1.94. The van der Waals surface area contributed by atoms with Crippen molar-refractivity contribution >= 4 is 5.91 Å². The molecule has 5 nitrogen and oxygen atoms in total. The van der Waals surface area contributed by atoms with Crippen molar-refractivity contribution in [1.29, 1.82) is 0 Å². The molecule has 0 bridgehead atoms. The van der Waals surface area contributed by atoms with Gasteiger partial charge in [-0.15, -0.1) is 0 Å². The Bertz CT molecular complexity index is 354. The average molecular weight is 194 g/mol. The molecule has 5 heteroatoms. The lowest BCUT2D eigenvalue weighted by atomic mass is 10.2. The van der Waals surface area contributed by atoms with Crippen LogP contribution in [0.15, 0.2) is 24.3 Å². The molecule has 14 heavy (non-hydrogen) atoms. The maximum atomic E-state index is 11.1. The van der Waals surface area contributed by atoms with Gasteiger partial charge in [-0.05, 0) is 12.1 Å². The van der Waals surface area contributed by atoms with Crippen molar-refractivity contribution in [1.82, 2.24) is 5.43 Å². The Hall–Kier alpha value is -1.75. The molecule has 1 atom stereocenters. The standard InChI is InChI=1S/C9H10N2O3/c10-11-9(12)8-5-13-6-3-1-2-4-7(6)14-8/h1-4,8H,5,10H2,(H,11,12). The number of carbonyl (C=O) groups is 1. The van der Waals surface area contributed by atoms with E-state index in [9.17, 15) is 4.79 Å². The highest BCUT2D eigenvalue weighted by Gasteiger charge is 2.26. The number of benzene rings is 1. The van der Waals surface area contributed by atoms with E-state index in [-0.39, 0.29) is 12.5 Å². The van der Waals surface area contributed by atoms with Crippen LogP contribution in [0.1, 0.15) is 0 Å². The summed E-state index contributed by atoms with van der Waals surface area (Å²) >= 11 is 0. The largest absolute Gasteiger partial charge is 0.485 e. The van der Waals surface area contributed by atoms with E-state index in [1.54, 1.807) is 12.1 Å². The van der Waals surface area contributed by atoms with Crippen LogP contribution < -0.4 is 20.7 Å². The lowest BCUT2D eigenvalue weighted by Gasteiger charge is -2.24. The Kier molecular flexibility index (Phi) is 2.24. The zero-order valence-electron chi connectivity index (χ0n) is 7.40. The van der Waals surface area contributed by atoms with E-state index in [1.165, 1.54) is 0 Å². The van der Waals surface area contributed by atoms with Crippen molar-refractivity contribution in [2.24, 2.45) is 5.84 Å². The predicted octanol–water partition coefficient (Wildman–Crippen LogP) is -0.184. The van der Waals surface area contributed by atoms with Crippen LogP contribution in [0.4, 0.5) is 0 Å². The van der Waals surface area contributed by atoms with Crippen molar-refractivity contribution in [3.8, 4) is 11.5 Å². The maximum Gasteiger partial charge on any atom is 0.278 e. The van der Waals surface area contributed by atoms with Gasteiger partial charge in [0.25, 0.3) is 5.91 Å². The Morgan fingerprint density at radius 1 is 1.43 bits per heavy atom. The molecule has 2 rings (SSSR count). The molecule has 0 saturated heterocycles. The zero-order valence-corrected chi connectivity index (χ0v) is 7.40. The van der Waals surface area contributed by atoms with Gasteiger partial charge in [-0.1, -0.05) is 12.1 Å². The van der Waals surface area contributed by atoms with Gasteiger partial charge in [0.15, 0.2) is 11.5 Å². The molecule has 1 unspecified atom stereocenters. The molecule has 1 heterocycles. The number of amides is 1. The highest BCUT2D eigenvalue weighted by molar-refractivity contribution is 5.81. The summed E-state index contributed by atoms with van der Waals surface area (Å²) in [5, 5.41) is 0. The number of nitrogens with two attached hydrogens (primary N) is 1. The van der Waals surface area contributed by atoms with Gasteiger partial charge in [-0.25, -0.2) is 5.84 Å². The number of hydrazine groups is 1. The van der Waals surface area contributed by atoms with Gasteiger partial charge in [0, 0.05) is 0 Å². The minimum absolute atomic E-state index is 0.181. The number of carbonyl (C=O) groups excluding carboxylic acids is 1. The van der Waals surface area contributed by atoms with Crippen molar-refractivity contribution in [2.45, 2.75) is 6.10 Å². The molecule has 74 valence electrons. The summed E-state index contributed by atoms with van der Waals surface area (Å²) < 4.78 is 10.7. The smallest absolute Gasteiger partial charge is 0.278 e. The van der Waals surface area contributed by atoms with E-state index in [0.717, 1.165) is 0 Å². The number of fused-ring (bicyclic) bond motifs is 1. The van der Waals surface area contributed by atoms with Crippen molar-refractivity contribution in [3.05, 3.63) is 24.3 Å². The summed E-state index contributed by atoms with van der Waals surface area (Å²) in [4.78, 5) is 11.1. The monoisotopic (exact) mass is 194 g/mol. The molecule has 0 radical (unpaired) electrons. The fraction of sp³-hybridized carbons (Fsp3) is 0.222. The third-order valence-corrected chi connectivity index (χ3v) is 1.94. The van der Waals surface area contributed by atoms with E-state index in [4.69, 9.17) is 15.3 Å². The van der Waals surface area contributed by atoms with Gasteiger partial charge in [0.1, 0.15) is 6.61 Å². The molecular weight excluding hydrogens is 184 g/mol. The topological polar surface area (TPSA) is 73.6 Å². The SMILES string of the molecule is NNC(=O)C1COc2ccccc2O1. The molecule has 1 aliphatic rings. The number of rotatable bonds is 1. The van der Waals surface area contributed by atoms with Crippen LogP contribution in [0.3, 0.4) is 0 Å². The summed E-state index contributed by atoms with van der Waals surface area (Å²) in [5.41, 5.74) is 2.02. The Morgan fingerprint density at radius 2 is 2.14 bits per heavy atom. The van der Waals surface area contributed by atoms with Gasteiger partial charge in [0.2, 0.25) is 6.10 Å². The highest BCUT2D eigenvalue weighted by atomic mass is 16.6. The molecule has 0 fully saturated rings. The molecule has 0 aliphatic carbocycles. The number of hydrogen-bond donors (Lipinski definition) is 2. The van der Waals surface area contributed by atoms with Crippen LogP contribution in [-0.2, 0) is 4.79 Å². The van der Waals surface area contributed by atoms with E-state index in [1.807, 2.05) is 17.6 Å². The molecule has 0 saturated carbocycles. The van der Waals surface area contributed by atoms with E-state index >= 15 is 0 Å². The molecule has 0 spiro atoms. The van der Waals surface area contributed by atoms with Crippen LogP contribution >= 0.6 is 0 Å². The van der Waals surface area contributed by atoms with Gasteiger partial charge < -0.3 is 9.47 Å². The second-order valence-corrected chi connectivity index (χ2v) is 2.87. The fourth-order valence-electron chi connectivity index (χ4n) is 1.24. The highest BCUT2D eigenvalue weighted by Crippen LogP contribution is 2.30. The quantitative estimate of drug-likeness (QED) is 0.369. The van der Waals surface area contributed by atoms with Crippen LogP contribution in [0.5, 0.6) is 11.5 Å². The molecule has 1 aliphatic heterocycles. The summed E-state index contributed by atoms with van der Waals surface area (Å²) in [5.74, 6) is 5.81. The first-order valence-electron chi connectivity index (χ1n) is 4.20. The van der Waals surface area contributed by atoms with Gasteiger partial charge in [-0.3, -0.25) is 10.2 Å². The van der Waals surface area contributed by atoms with Crippen molar-refractivity contribution in [2.75, 3.05) is 6.61 Å². The van der Waals surface area contributed by atoms with Crippen LogP contribution in [0.25, 0.3) is 0 Å². The molecule has 3 N–H and O–H groups in total. The lowest BCUT2D eigenvalue weighted by molar-refractivity contribution is -0.130. The fourth-order valence-corrected chi connectivity index (χ4v) is 1.24. The zero-order chi connectivity index (χ0) is 9.97. The minimum atomic E-state index is -0.671. The van der Waals surface area contributed by atoms with Crippen LogP contribution in [0, 0.1) is 0 Å². The lowest BCUT2D eigenvalue weighted by Crippen LogP contribution is -2.46. The van der Waals surface area contributed by atoms with E-state index < -0.39 is 6.10 Å². The normalized spacial score (nSPS) is 18.8. The third kappa shape index (κ3) is 1.49. The maximum absolute atomic E-state index is 11.1. The summed E-state index contributed by atoms with van der Waals surface area (Å²) in [6.45, 7) is 0.181. The molecular formula is C9H10N2O3. The summed E-state index contributed by atoms with van der Waals surface area (Å²) in [7, 11) is 0. The first kappa shape index (κ1) is 8.83. The summed E-state index contributed by atoms with van der Waals surface area (Å²) in [6.07, 6.45) is -0.671. The average Bonchev–Trinajstić information content (AvgIpc) is 2.27. The second kappa shape index (κ2) is 3.55. The minimum Gasteiger partial charge on any atom is -0.485 e. The molecule has 1 aromatic carbocycles. The summed E-state index contributed by atoms with van der Waals surface area (Å²) in [6, 6.07) is 7.17. The van der Waals surface area contributed by atoms with E-state index in [2.05, 4.69) is 0 Å². The van der Waals surface area contributed by atoms with Crippen LogP contribution in [-0.4, -0.2) is 18.6 Å². The molecule has 1 amide bonds. The second-order valence-electron chi connectivity index (χ2n) is 2.87. The van der Waals surface area contributed by atoms with Crippen molar-refractivity contribution in [3.63, 3.8) is 0 Å². The Balaban J connectivity index is 2.17. The van der Waals surface area contributed by atoms with Crippen molar-refractivity contribution < 1.29 is 14.3 Å². The number of ether oxygens (including phenoxy) is 2. The number of nitrogens with one attached hydrogen (secondary N) is 1. The van der Waals surface area contributed by atoms with E-state index in [0.29, 0.717) is 11.5 Å². The Labute approximate surface area is 80.8 Å². The first-order valence-corrected chi connectivity index (χ1v) is 4.20. The van der Waals surface area contributed by atoms with Gasteiger partial charge in [-0.2, -0.15) is 0 Å². The van der Waals surface area contributed by atoms with Gasteiger partial charge >= 0.3 is 0 Å². The molecule has 1 aromatic rings. The number of hydrogen-bond acceptors (Lipinski definition) is 4. The molecule has 0 aromatic heterocycles. The predicted molar refractivity (Wildman–Crippen MR) is 48.7 cm³/mol. The Morgan fingerprint density at radius 3 is 2.86 bits per heavy atom. The first-order chi connectivity index (χ1) is 6.81.